The first-order valence-electron chi connectivity index (χ1n) is 5.82. The van der Waals surface area contributed by atoms with Crippen LogP contribution in [-0.2, 0) is 6.42 Å². The summed E-state index contributed by atoms with van der Waals surface area (Å²) < 4.78 is 11.0. The molecule has 3 heteroatoms. The normalized spacial score (nSPS) is 19.8. The zero-order valence-corrected chi connectivity index (χ0v) is 9.72. The Morgan fingerprint density at radius 2 is 2.24 bits per heavy atom. The summed E-state index contributed by atoms with van der Waals surface area (Å²) in [6.07, 6.45) is 2.86. The van der Waals surface area contributed by atoms with E-state index in [9.17, 15) is 0 Å². The lowest BCUT2D eigenvalue weighted by molar-refractivity contribution is 0.254. The maximum absolute atomic E-state index is 6.15. The summed E-state index contributed by atoms with van der Waals surface area (Å²) in [6, 6.07) is 9.67. The van der Waals surface area contributed by atoms with Gasteiger partial charge in [0.25, 0.3) is 0 Å². The van der Waals surface area contributed by atoms with E-state index in [1.165, 1.54) is 5.56 Å². The highest BCUT2D eigenvalue weighted by atomic mass is 16.5. The van der Waals surface area contributed by atoms with E-state index < -0.39 is 0 Å². The monoisotopic (exact) mass is 229 g/mol. The highest BCUT2D eigenvalue weighted by Crippen LogP contribution is 2.32. The van der Waals surface area contributed by atoms with Gasteiger partial charge in [0, 0.05) is 6.42 Å². The summed E-state index contributed by atoms with van der Waals surface area (Å²) >= 11 is 0. The Morgan fingerprint density at radius 3 is 3.00 bits per heavy atom. The maximum atomic E-state index is 6.15. The summed E-state index contributed by atoms with van der Waals surface area (Å²) in [5.74, 6) is 1.77. The number of rotatable bonds is 2. The van der Waals surface area contributed by atoms with Crippen LogP contribution >= 0.6 is 0 Å². The average Bonchev–Trinajstić information content (AvgIpc) is 2.94. The molecule has 1 aromatic carbocycles. The first-order chi connectivity index (χ1) is 8.24. The van der Waals surface area contributed by atoms with Crippen LogP contribution in [0, 0.1) is 0 Å². The lowest BCUT2D eigenvalue weighted by Gasteiger charge is -2.10. The molecular formula is C14H15NO2. The van der Waals surface area contributed by atoms with Crippen LogP contribution in [0.25, 0.3) is 0 Å². The fraction of sp³-hybridized carbons (Fsp3) is 0.286. The third-order valence-electron chi connectivity index (χ3n) is 3.13. The molecule has 0 amide bonds. The summed E-state index contributed by atoms with van der Waals surface area (Å²) in [6.45, 7) is 2.08. The lowest BCUT2D eigenvalue weighted by atomic mass is 10.0. The molecule has 17 heavy (non-hydrogen) atoms. The second-order valence-electron chi connectivity index (χ2n) is 4.49. The van der Waals surface area contributed by atoms with E-state index >= 15 is 0 Å². The highest BCUT2D eigenvalue weighted by Gasteiger charge is 2.21. The van der Waals surface area contributed by atoms with Gasteiger partial charge in [-0.15, -0.1) is 0 Å². The minimum Gasteiger partial charge on any atom is -0.490 e. The second kappa shape index (κ2) is 3.93. The van der Waals surface area contributed by atoms with Gasteiger partial charge < -0.3 is 14.9 Å². The molecule has 0 fully saturated rings. The Morgan fingerprint density at radius 1 is 1.35 bits per heavy atom. The molecule has 0 saturated carbocycles. The number of ether oxygens (including phenoxy) is 1. The lowest BCUT2D eigenvalue weighted by Crippen LogP contribution is -2.10. The predicted octanol–water partition coefficient (Wildman–Crippen LogP) is 2.65. The topological polar surface area (TPSA) is 48.4 Å². The fourth-order valence-electron chi connectivity index (χ4n) is 2.27. The van der Waals surface area contributed by atoms with Gasteiger partial charge in [-0.05, 0) is 42.3 Å². The molecule has 1 aliphatic rings. The molecule has 0 saturated heterocycles. The van der Waals surface area contributed by atoms with E-state index in [0.29, 0.717) is 0 Å². The Balaban J connectivity index is 1.93. The van der Waals surface area contributed by atoms with Crippen molar-refractivity contribution in [1.29, 1.82) is 0 Å². The Labute approximate surface area is 100 Å². The standard InChI is InChI=1S/C14H15NO2/c1-9-7-11-8-10(4-5-12(11)17-9)14(15)13-3-2-6-16-13/h2-6,8-9,14H,7,15H2,1H3. The third kappa shape index (κ3) is 1.83. The third-order valence-corrected chi connectivity index (χ3v) is 3.13. The van der Waals surface area contributed by atoms with Crippen LogP contribution in [0.15, 0.2) is 41.0 Å². The predicted molar refractivity (Wildman–Crippen MR) is 65.0 cm³/mol. The van der Waals surface area contributed by atoms with E-state index in [1.807, 2.05) is 24.3 Å². The molecule has 2 atom stereocenters. The molecular weight excluding hydrogens is 214 g/mol. The fourth-order valence-corrected chi connectivity index (χ4v) is 2.27. The van der Waals surface area contributed by atoms with Crippen LogP contribution in [0.5, 0.6) is 5.75 Å². The van der Waals surface area contributed by atoms with Gasteiger partial charge in [0.15, 0.2) is 0 Å². The molecule has 1 aliphatic heterocycles. The quantitative estimate of drug-likeness (QED) is 0.861. The summed E-state index contributed by atoms with van der Waals surface area (Å²) in [4.78, 5) is 0. The number of hydrogen-bond acceptors (Lipinski definition) is 3. The van der Waals surface area contributed by atoms with E-state index in [2.05, 4.69) is 13.0 Å². The van der Waals surface area contributed by atoms with Gasteiger partial charge in [-0.1, -0.05) is 6.07 Å². The Bertz CT molecular complexity index is 519. The first kappa shape index (κ1) is 10.4. The maximum Gasteiger partial charge on any atom is 0.124 e. The molecule has 2 N–H and O–H groups in total. The van der Waals surface area contributed by atoms with Crippen LogP contribution < -0.4 is 10.5 Å². The van der Waals surface area contributed by atoms with Gasteiger partial charge in [0.2, 0.25) is 0 Å². The molecule has 3 rings (SSSR count). The smallest absolute Gasteiger partial charge is 0.124 e. The van der Waals surface area contributed by atoms with Crippen molar-refractivity contribution in [3.8, 4) is 5.75 Å². The number of fused-ring (bicyclic) bond motifs is 1. The van der Waals surface area contributed by atoms with Crippen molar-refractivity contribution >= 4 is 0 Å². The average molecular weight is 229 g/mol. The number of furan rings is 1. The summed E-state index contributed by atoms with van der Waals surface area (Å²) in [7, 11) is 0. The van der Waals surface area contributed by atoms with Crippen molar-refractivity contribution in [3.63, 3.8) is 0 Å². The molecule has 0 aliphatic carbocycles. The Hall–Kier alpha value is -1.74. The van der Waals surface area contributed by atoms with Crippen molar-refractivity contribution in [3.05, 3.63) is 53.5 Å². The Kier molecular flexibility index (Phi) is 2.41. The SMILES string of the molecule is CC1Cc2cc(C(N)c3ccco3)ccc2O1. The first-order valence-corrected chi connectivity index (χ1v) is 5.82. The van der Waals surface area contributed by atoms with Crippen molar-refractivity contribution in [2.24, 2.45) is 5.73 Å². The minimum atomic E-state index is -0.203. The van der Waals surface area contributed by atoms with Crippen molar-refractivity contribution in [2.45, 2.75) is 25.5 Å². The minimum absolute atomic E-state index is 0.203. The molecule has 2 unspecified atom stereocenters. The highest BCUT2D eigenvalue weighted by molar-refractivity contribution is 5.42. The van der Waals surface area contributed by atoms with Crippen LogP contribution in [0.1, 0.15) is 29.9 Å². The van der Waals surface area contributed by atoms with Gasteiger partial charge in [-0.25, -0.2) is 0 Å². The molecule has 1 aromatic heterocycles. The van der Waals surface area contributed by atoms with Crippen LogP contribution in [-0.4, -0.2) is 6.10 Å². The van der Waals surface area contributed by atoms with Crippen LogP contribution in [0.2, 0.25) is 0 Å². The van der Waals surface area contributed by atoms with Gasteiger partial charge >= 0.3 is 0 Å². The van der Waals surface area contributed by atoms with E-state index in [4.69, 9.17) is 14.9 Å². The van der Waals surface area contributed by atoms with Gasteiger partial charge in [0.05, 0.1) is 12.3 Å². The second-order valence-corrected chi connectivity index (χ2v) is 4.49. The summed E-state index contributed by atoms with van der Waals surface area (Å²) in [5.41, 5.74) is 8.45. The molecule has 88 valence electrons. The zero-order valence-electron chi connectivity index (χ0n) is 9.72. The molecule has 0 bridgehead atoms. The van der Waals surface area contributed by atoms with Gasteiger partial charge in [0.1, 0.15) is 17.6 Å². The van der Waals surface area contributed by atoms with Gasteiger partial charge in [-0.3, -0.25) is 0 Å². The van der Waals surface area contributed by atoms with E-state index in [1.54, 1.807) is 6.26 Å². The molecule has 2 aromatic rings. The molecule has 0 radical (unpaired) electrons. The largest absolute Gasteiger partial charge is 0.490 e. The molecule has 3 nitrogen and oxygen atoms in total. The van der Waals surface area contributed by atoms with E-state index in [0.717, 1.165) is 23.5 Å². The van der Waals surface area contributed by atoms with Crippen LogP contribution in [0.4, 0.5) is 0 Å². The van der Waals surface area contributed by atoms with Crippen molar-refractivity contribution in [1.82, 2.24) is 0 Å². The molecule has 2 heterocycles. The van der Waals surface area contributed by atoms with Crippen LogP contribution in [0.3, 0.4) is 0 Å². The number of nitrogens with two attached hydrogens (primary N) is 1. The zero-order chi connectivity index (χ0) is 11.8. The van der Waals surface area contributed by atoms with E-state index in [-0.39, 0.29) is 12.1 Å². The van der Waals surface area contributed by atoms with Gasteiger partial charge in [-0.2, -0.15) is 0 Å². The molecule has 0 spiro atoms. The van der Waals surface area contributed by atoms with Crippen molar-refractivity contribution in [2.75, 3.05) is 0 Å². The van der Waals surface area contributed by atoms with Crippen molar-refractivity contribution < 1.29 is 9.15 Å². The number of hydrogen-bond donors (Lipinski definition) is 1. The summed E-state index contributed by atoms with van der Waals surface area (Å²) in [5, 5.41) is 0. The number of benzene rings is 1.